The molecule has 0 aromatic heterocycles. The zero-order chi connectivity index (χ0) is 13.6. The summed E-state index contributed by atoms with van der Waals surface area (Å²) in [5.74, 6) is 4.32. The van der Waals surface area contributed by atoms with E-state index in [0.717, 1.165) is 30.1 Å². The molecule has 3 atom stereocenters. The first-order valence-electron chi connectivity index (χ1n) is 8.13. The highest BCUT2D eigenvalue weighted by molar-refractivity contribution is 5.32. The second-order valence-corrected chi connectivity index (χ2v) is 7.27. The summed E-state index contributed by atoms with van der Waals surface area (Å²) in [6.45, 7) is 15.2. The van der Waals surface area contributed by atoms with Gasteiger partial charge in [0.2, 0.25) is 0 Å². The molecule has 3 unspecified atom stereocenters. The fraction of sp³-hybridized carbons (Fsp3) is 0.684. The van der Waals surface area contributed by atoms with Crippen molar-refractivity contribution in [3.05, 3.63) is 36.5 Å². The molecule has 3 rings (SSSR count). The highest BCUT2D eigenvalue weighted by Gasteiger charge is 2.44. The zero-order valence-electron chi connectivity index (χ0n) is 12.5. The molecule has 3 aliphatic rings. The lowest BCUT2D eigenvalue weighted by atomic mass is 9.66. The number of allylic oxidation sites excluding steroid dienone is 3. The van der Waals surface area contributed by atoms with Crippen LogP contribution in [0.25, 0.3) is 0 Å². The molecule has 0 aliphatic heterocycles. The Balaban J connectivity index is 1.70. The summed E-state index contributed by atoms with van der Waals surface area (Å²) in [5, 5.41) is 0. The second-order valence-electron chi connectivity index (χ2n) is 7.27. The molecule has 0 saturated heterocycles. The number of rotatable bonds is 3. The van der Waals surface area contributed by atoms with Gasteiger partial charge >= 0.3 is 0 Å². The van der Waals surface area contributed by atoms with E-state index in [4.69, 9.17) is 0 Å². The van der Waals surface area contributed by atoms with Crippen molar-refractivity contribution < 1.29 is 0 Å². The lowest BCUT2D eigenvalue weighted by Gasteiger charge is -2.39. The molecule has 104 valence electrons. The van der Waals surface area contributed by atoms with E-state index in [1.165, 1.54) is 55.2 Å². The summed E-state index contributed by atoms with van der Waals surface area (Å²) in [6, 6.07) is 0. The van der Waals surface area contributed by atoms with Crippen molar-refractivity contribution in [1.29, 1.82) is 0 Å². The summed E-state index contributed by atoms with van der Waals surface area (Å²) in [7, 11) is 0. The van der Waals surface area contributed by atoms with Crippen molar-refractivity contribution in [3.63, 3.8) is 0 Å². The van der Waals surface area contributed by atoms with Crippen LogP contribution in [0.15, 0.2) is 36.5 Å². The summed E-state index contributed by atoms with van der Waals surface area (Å²) >= 11 is 0. The van der Waals surface area contributed by atoms with Crippen LogP contribution in [0.2, 0.25) is 0 Å². The Morgan fingerprint density at radius 3 is 2.21 bits per heavy atom. The van der Waals surface area contributed by atoms with Crippen molar-refractivity contribution in [1.82, 2.24) is 0 Å². The Morgan fingerprint density at radius 2 is 1.74 bits per heavy atom. The predicted octanol–water partition coefficient (Wildman–Crippen LogP) is 5.53. The topological polar surface area (TPSA) is 0 Å². The molecule has 0 radical (unpaired) electrons. The zero-order valence-corrected chi connectivity index (χ0v) is 12.5. The molecule has 0 spiro atoms. The van der Waals surface area contributed by atoms with Crippen LogP contribution >= 0.6 is 0 Å². The minimum Gasteiger partial charge on any atom is -0.0989 e. The van der Waals surface area contributed by atoms with Crippen molar-refractivity contribution in [2.45, 2.75) is 51.9 Å². The Kier molecular flexibility index (Phi) is 3.45. The van der Waals surface area contributed by atoms with Gasteiger partial charge in [0, 0.05) is 5.92 Å². The van der Waals surface area contributed by atoms with E-state index in [0.29, 0.717) is 5.92 Å². The van der Waals surface area contributed by atoms with E-state index in [2.05, 4.69) is 26.7 Å². The number of fused-ring (bicyclic) bond motifs is 2. The SMILES string of the molecule is C=C(CC)C1C(=C)CC(C2CC3CCC2C3)CC1=C. The van der Waals surface area contributed by atoms with Gasteiger partial charge in [0.25, 0.3) is 0 Å². The van der Waals surface area contributed by atoms with E-state index >= 15 is 0 Å². The standard InChI is InChI=1S/C19H28/c1-5-12(2)19-13(3)8-17(9-14(19)4)18-11-15-6-7-16(18)10-15/h15-19H,2-11H2,1H3. The maximum absolute atomic E-state index is 4.38. The summed E-state index contributed by atoms with van der Waals surface area (Å²) in [5.41, 5.74) is 4.12. The van der Waals surface area contributed by atoms with Gasteiger partial charge in [-0.1, -0.05) is 49.8 Å². The van der Waals surface area contributed by atoms with Crippen molar-refractivity contribution in [2.75, 3.05) is 0 Å². The van der Waals surface area contributed by atoms with Crippen LogP contribution in [-0.2, 0) is 0 Å². The molecule has 19 heavy (non-hydrogen) atoms. The summed E-state index contributed by atoms with van der Waals surface area (Å²) in [6.07, 6.45) is 9.54. The normalized spacial score (nSPS) is 41.8. The first-order chi connectivity index (χ1) is 9.10. The van der Waals surface area contributed by atoms with Crippen LogP contribution in [0, 0.1) is 29.6 Å². The Morgan fingerprint density at radius 1 is 1.05 bits per heavy atom. The van der Waals surface area contributed by atoms with E-state index in [1.54, 1.807) is 0 Å². The maximum atomic E-state index is 4.38. The summed E-state index contributed by atoms with van der Waals surface area (Å²) < 4.78 is 0. The molecular weight excluding hydrogens is 228 g/mol. The van der Waals surface area contributed by atoms with E-state index in [9.17, 15) is 0 Å². The van der Waals surface area contributed by atoms with Crippen LogP contribution in [-0.4, -0.2) is 0 Å². The Labute approximate surface area is 118 Å². The van der Waals surface area contributed by atoms with Crippen LogP contribution in [0.1, 0.15) is 51.9 Å². The molecule has 0 N–H and O–H groups in total. The third-order valence-electron chi connectivity index (χ3n) is 6.13. The molecule has 0 aromatic carbocycles. The molecule has 0 heterocycles. The molecule has 0 amide bonds. The second kappa shape index (κ2) is 4.96. The lowest BCUT2D eigenvalue weighted by Crippen LogP contribution is -2.28. The molecule has 0 aromatic rings. The predicted molar refractivity (Wildman–Crippen MR) is 82.9 cm³/mol. The molecule has 3 saturated carbocycles. The molecule has 0 nitrogen and oxygen atoms in total. The van der Waals surface area contributed by atoms with Gasteiger partial charge in [-0.2, -0.15) is 0 Å². The minimum absolute atomic E-state index is 0.417. The van der Waals surface area contributed by atoms with Crippen molar-refractivity contribution in [3.8, 4) is 0 Å². The lowest BCUT2D eigenvalue weighted by molar-refractivity contribution is 0.210. The first-order valence-corrected chi connectivity index (χ1v) is 8.13. The monoisotopic (exact) mass is 256 g/mol. The first kappa shape index (κ1) is 13.2. The molecule has 3 aliphatic carbocycles. The number of hydrogen-bond acceptors (Lipinski definition) is 0. The average Bonchev–Trinajstić information content (AvgIpc) is 2.99. The quantitative estimate of drug-likeness (QED) is 0.583. The third-order valence-corrected chi connectivity index (χ3v) is 6.13. The van der Waals surface area contributed by atoms with E-state index < -0.39 is 0 Å². The smallest absolute Gasteiger partial charge is 0.0208 e. The van der Waals surface area contributed by atoms with Gasteiger partial charge in [-0.3, -0.25) is 0 Å². The van der Waals surface area contributed by atoms with Gasteiger partial charge in [0.05, 0.1) is 0 Å². The third kappa shape index (κ3) is 2.24. The molecule has 0 heteroatoms. The largest absolute Gasteiger partial charge is 0.0989 e. The highest BCUT2D eigenvalue weighted by Crippen LogP contribution is 2.55. The van der Waals surface area contributed by atoms with E-state index in [-0.39, 0.29) is 0 Å². The van der Waals surface area contributed by atoms with Crippen LogP contribution in [0.3, 0.4) is 0 Å². The van der Waals surface area contributed by atoms with Crippen molar-refractivity contribution >= 4 is 0 Å². The fourth-order valence-corrected chi connectivity index (χ4v) is 5.23. The van der Waals surface area contributed by atoms with Crippen molar-refractivity contribution in [2.24, 2.45) is 29.6 Å². The Bertz CT molecular complexity index is 396. The number of hydrogen-bond donors (Lipinski definition) is 0. The average molecular weight is 256 g/mol. The van der Waals surface area contributed by atoms with Gasteiger partial charge in [-0.05, 0) is 62.2 Å². The van der Waals surface area contributed by atoms with Gasteiger partial charge in [-0.25, -0.2) is 0 Å². The summed E-state index contributed by atoms with van der Waals surface area (Å²) in [4.78, 5) is 0. The Hall–Kier alpha value is -0.780. The van der Waals surface area contributed by atoms with Gasteiger partial charge < -0.3 is 0 Å². The molecule has 3 fully saturated rings. The van der Waals surface area contributed by atoms with Crippen LogP contribution in [0.5, 0.6) is 0 Å². The maximum Gasteiger partial charge on any atom is 0.0208 e. The minimum atomic E-state index is 0.417. The van der Waals surface area contributed by atoms with Gasteiger partial charge in [-0.15, -0.1) is 0 Å². The van der Waals surface area contributed by atoms with E-state index in [1.807, 2.05) is 0 Å². The highest BCUT2D eigenvalue weighted by atomic mass is 14.5. The molecule has 2 bridgehead atoms. The fourth-order valence-electron chi connectivity index (χ4n) is 5.23. The van der Waals surface area contributed by atoms with Gasteiger partial charge in [0.15, 0.2) is 0 Å². The molecular formula is C19H28. The van der Waals surface area contributed by atoms with Crippen LogP contribution in [0.4, 0.5) is 0 Å². The van der Waals surface area contributed by atoms with Crippen LogP contribution < -0.4 is 0 Å². The van der Waals surface area contributed by atoms with Gasteiger partial charge in [0.1, 0.15) is 0 Å².